The van der Waals surface area contributed by atoms with Crippen molar-refractivity contribution < 1.29 is 9.84 Å². The molecule has 0 amide bonds. The lowest BCUT2D eigenvalue weighted by molar-refractivity contribution is 0.195. The van der Waals surface area contributed by atoms with Crippen LogP contribution in [0.1, 0.15) is 25.0 Å². The summed E-state index contributed by atoms with van der Waals surface area (Å²) in [5, 5.41) is 9.35. The maximum Gasteiger partial charge on any atom is 0.119 e. The molecular weight excluding hydrogens is 176 g/mol. The van der Waals surface area contributed by atoms with Gasteiger partial charge in [-0.05, 0) is 43.0 Å². The molecule has 0 heterocycles. The van der Waals surface area contributed by atoms with Crippen LogP contribution >= 0.6 is 0 Å². The number of benzene rings is 1. The predicted octanol–water partition coefficient (Wildman–Crippen LogP) is 2.18. The predicted molar refractivity (Wildman–Crippen MR) is 57.8 cm³/mol. The maximum absolute atomic E-state index is 9.35. The maximum atomic E-state index is 9.35. The smallest absolute Gasteiger partial charge is 0.119 e. The van der Waals surface area contributed by atoms with Crippen LogP contribution in [-0.2, 0) is 12.8 Å². The fourth-order valence-electron chi connectivity index (χ4n) is 1.58. The summed E-state index contributed by atoms with van der Waals surface area (Å²) < 4.78 is 5.15. The Labute approximate surface area is 85.5 Å². The summed E-state index contributed by atoms with van der Waals surface area (Å²) in [5.41, 5.74) is 2.47. The molecule has 0 saturated carbocycles. The number of hydrogen-bond donors (Lipinski definition) is 1. The van der Waals surface area contributed by atoms with E-state index in [1.165, 1.54) is 11.1 Å². The molecule has 1 aromatic carbocycles. The molecule has 0 spiro atoms. The molecule has 1 atom stereocenters. The first-order valence-corrected chi connectivity index (χ1v) is 5.01. The van der Waals surface area contributed by atoms with Crippen LogP contribution in [0.15, 0.2) is 18.2 Å². The average molecular weight is 194 g/mol. The van der Waals surface area contributed by atoms with E-state index in [0.717, 1.165) is 12.2 Å². The molecule has 1 unspecified atom stereocenters. The first-order valence-electron chi connectivity index (χ1n) is 5.01. The quantitative estimate of drug-likeness (QED) is 0.796. The van der Waals surface area contributed by atoms with Crippen molar-refractivity contribution in [1.29, 1.82) is 0 Å². The van der Waals surface area contributed by atoms with Gasteiger partial charge < -0.3 is 9.84 Å². The molecule has 1 aromatic rings. The topological polar surface area (TPSA) is 29.5 Å². The van der Waals surface area contributed by atoms with Gasteiger partial charge in [-0.1, -0.05) is 13.0 Å². The van der Waals surface area contributed by atoms with E-state index in [1.807, 2.05) is 12.1 Å². The van der Waals surface area contributed by atoms with Crippen LogP contribution in [0.25, 0.3) is 0 Å². The Bertz CT molecular complexity index is 292. The Morgan fingerprint density at radius 1 is 1.36 bits per heavy atom. The van der Waals surface area contributed by atoms with Crippen LogP contribution in [0, 0.1) is 0 Å². The zero-order chi connectivity index (χ0) is 10.6. The summed E-state index contributed by atoms with van der Waals surface area (Å²) in [7, 11) is 1.66. The van der Waals surface area contributed by atoms with Gasteiger partial charge in [-0.15, -0.1) is 0 Å². The molecule has 1 rings (SSSR count). The molecule has 0 aromatic heterocycles. The molecule has 0 aliphatic rings. The van der Waals surface area contributed by atoms with Crippen molar-refractivity contribution in [2.45, 2.75) is 32.8 Å². The normalized spacial score (nSPS) is 12.6. The van der Waals surface area contributed by atoms with Crippen molar-refractivity contribution in [1.82, 2.24) is 0 Å². The lowest BCUT2D eigenvalue weighted by atomic mass is 10.00. The molecule has 0 aliphatic carbocycles. The highest BCUT2D eigenvalue weighted by Crippen LogP contribution is 2.19. The number of hydrogen-bond acceptors (Lipinski definition) is 2. The molecule has 0 saturated heterocycles. The van der Waals surface area contributed by atoms with Crippen molar-refractivity contribution in [2.75, 3.05) is 7.11 Å². The van der Waals surface area contributed by atoms with E-state index in [2.05, 4.69) is 13.0 Å². The fourth-order valence-corrected chi connectivity index (χ4v) is 1.58. The second-order valence-corrected chi connectivity index (χ2v) is 3.54. The van der Waals surface area contributed by atoms with Gasteiger partial charge in [0, 0.05) is 0 Å². The molecule has 0 bridgehead atoms. The van der Waals surface area contributed by atoms with Gasteiger partial charge in [0.1, 0.15) is 5.75 Å². The minimum Gasteiger partial charge on any atom is -0.497 e. The highest BCUT2D eigenvalue weighted by Gasteiger charge is 2.05. The summed E-state index contributed by atoms with van der Waals surface area (Å²) >= 11 is 0. The number of aryl methyl sites for hydroxylation is 1. The third-order valence-corrected chi connectivity index (χ3v) is 2.31. The van der Waals surface area contributed by atoms with E-state index in [4.69, 9.17) is 4.74 Å². The molecular formula is C12H18O2. The van der Waals surface area contributed by atoms with E-state index in [1.54, 1.807) is 14.0 Å². The Hall–Kier alpha value is -1.02. The minimum atomic E-state index is -0.299. The molecule has 0 radical (unpaired) electrons. The molecule has 0 fully saturated rings. The number of aliphatic hydroxyl groups excluding tert-OH is 1. The van der Waals surface area contributed by atoms with Gasteiger partial charge in [0.2, 0.25) is 0 Å². The summed E-state index contributed by atoms with van der Waals surface area (Å²) in [5.74, 6) is 0.859. The van der Waals surface area contributed by atoms with Crippen molar-refractivity contribution in [3.8, 4) is 5.75 Å². The molecule has 2 heteroatoms. The molecule has 14 heavy (non-hydrogen) atoms. The highest BCUT2D eigenvalue weighted by molar-refractivity contribution is 5.36. The SMILES string of the molecule is CCc1ccc(OC)cc1CC(C)O. The summed E-state index contributed by atoms with van der Waals surface area (Å²) in [4.78, 5) is 0. The minimum absolute atomic E-state index is 0.299. The second-order valence-electron chi connectivity index (χ2n) is 3.54. The van der Waals surface area contributed by atoms with Crippen LogP contribution in [0.5, 0.6) is 5.75 Å². The molecule has 2 nitrogen and oxygen atoms in total. The van der Waals surface area contributed by atoms with E-state index in [0.29, 0.717) is 6.42 Å². The van der Waals surface area contributed by atoms with Crippen LogP contribution in [0.2, 0.25) is 0 Å². The van der Waals surface area contributed by atoms with Crippen LogP contribution in [-0.4, -0.2) is 18.3 Å². The van der Waals surface area contributed by atoms with Gasteiger partial charge in [-0.25, -0.2) is 0 Å². The van der Waals surface area contributed by atoms with Crippen molar-refractivity contribution >= 4 is 0 Å². The third-order valence-electron chi connectivity index (χ3n) is 2.31. The van der Waals surface area contributed by atoms with E-state index in [9.17, 15) is 5.11 Å². The lowest BCUT2D eigenvalue weighted by Gasteiger charge is -2.11. The Kier molecular flexibility index (Phi) is 3.96. The lowest BCUT2D eigenvalue weighted by Crippen LogP contribution is -2.06. The number of ether oxygens (including phenoxy) is 1. The number of rotatable bonds is 4. The summed E-state index contributed by atoms with van der Waals surface area (Å²) in [6.07, 6.45) is 1.39. The Morgan fingerprint density at radius 3 is 2.57 bits per heavy atom. The molecule has 78 valence electrons. The van der Waals surface area contributed by atoms with E-state index in [-0.39, 0.29) is 6.10 Å². The largest absolute Gasteiger partial charge is 0.497 e. The van der Waals surface area contributed by atoms with Gasteiger partial charge >= 0.3 is 0 Å². The van der Waals surface area contributed by atoms with Gasteiger partial charge in [-0.3, -0.25) is 0 Å². The molecule has 0 aliphatic heterocycles. The number of aliphatic hydroxyl groups is 1. The van der Waals surface area contributed by atoms with Crippen molar-refractivity contribution in [2.24, 2.45) is 0 Å². The monoisotopic (exact) mass is 194 g/mol. The van der Waals surface area contributed by atoms with Crippen molar-refractivity contribution in [3.63, 3.8) is 0 Å². The standard InChI is InChI=1S/C12H18O2/c1-4-10-5-6-12(14-3)8-11(10)7-9(2)13/h5-6,8-9,13H,4,7H2,1-3H3. The van der Waals surface area contributed by atoms with Gasteiger partial charge in [-0.2, -0.15) is 0 Å². The van der Waals surface area contributed by atoms with E-state index >= 15 is 0 Å². The van der Waals surface area contributed by atoms with Crippen LogP contribution in [0.3, 0.4) is 0 Å². The van der Waals surface area contributed by atoms with Crippen LogP contribution in [0.4, 0.5) is 0 Å². The fraction of sp³-hybridized carbons (Fsp3) is 0.500. The van der Waals surface area contributed by atoms with Crippen molar-refractivity contribution in [3.05, 3.63) is 29.3 Å². The first-order chi connectivity index (χ1) is 6.67. The summed E-state index contributed by atoms with van der Waals surface area (Å²) in [6, 6.07) is 6.03. The Morgan fingerprint density at radius 2 is 2.07 bits per heavy atom. The zero-order valence-corrected chi connectivity index (χ0v) is 9.08. The number of methoxy groups -OCH3 is 1. The Balaban J connectivity index is 2.96. The highest BCUT2D eigenvalue weighted by atomic mass is 16.5. The van der Waals surface area contributed by atoms with E-state index < -0.39 is 0 Å². The van der Waals surface area contributed by atoms with Gasteiger partial charge in [0.25, 0.3) is 0 Å². The second kappa shape index (κ2) is 5.01. The van der Waals surface area contributed by atoms with Gasteiger partial charge in [0.05, 0.1) is 13.2 Å². The van der Waals surface area contributed by atoms with Crippen LogP contribution < -0.4 is 4.74 Å². The summed E-state index contributed by atoms with van der Waals surface area (Å²) in [6.45, 7) is 3.92. The average Bonchev–Trinajstić information content (AvgIpc) is 2.16. The molecule has 1 N–H and O–H groups in total. The third kappa shape index (κ3) is 2.74. The first kappa shape index (κ1) is 11.1. The zero-order valence-electron chi connectivity index (χ0n) is 9.08. The van der Waals surface area contributed by atoms with Gasteiger partial charge in [0.15, 0.2) is 0 Å².